The van der Waals surface area contributed by atoms with Crippen LogP contribution >= 0.6 is 0 Å². The number of hydrogen-bond acceptors (Lipinski definition) is 3. The van der Waals surface area contributed by atoms with Crippen LogP contribution in [0.25, 0.3) is 0 Å². The highest BCUT2D eigenvalue weighted by Crippen LogP contribution is 2.25. The lowest BCUT2D eigenvalue weighted by molar-refractivity contribution is 0.0979. The third-order valence-corrected chi connectivity index (χ3v) is 2.99. The maximum absolute atomic E-state index is 11.8. The van der Waals surface area contributed by atoms with Crippen LogP contribution in [-0.2, 0) is 6.61 Å². The molecule has 0 amide bonds. The molecule has 0 aliphatic heterocycles. The molecule has 0 spiro atoms. The Bertz CT molecular complexity index is 576. The number of carbonyl (C=O) groups is 1. The summed E-state index contributed by atoms with van der Waals surface area (Å²) in [5.74, 6) is 0.494. The Morgan fingerprint density at radius 2 is 1.90 bits per heavy atom. The highest BCUT2D eigenvalue weighted by Gasteiger charge is 2.11. The predicted octanol–water partition coefficient (Wildman–Crippen LogP) is 3.95. The van der Waals surface area contributed by atoms with Crippen molar-refractivity contribution in [2.75, 3.05) is 0 Å². The van der Waals surface area contributed by atoms with E-state index in [-0.39, 0.29) is 11.5 Å². The van der Waals surface area contributed by atoms with Gasteiger partial charge in [-0.15, -0.1) is 0 Å². The fourth-order valence-electron chi connectivity index (χ4n) is 1.94. The molecule has 1 N–H and O–H groups in total. The molecule has 104 valence electrons. The van der Waals surface area contributed by atoms with Gasteiger partial charge >= 0.3 is 0 Å². The first-order chi connectivity index (χ1) is 9.70. The van der Waals surface area contributed by atoms with Gasteiger partial charge in [-0.05, 0) is 24.1 Å². The van der Waals surface area contributed by atoms with Gasteiger partial charge in [0.1, 0.15) is 18.1 Å². The van der Waals surface area contributed by atoms with Gasteiger partial charge in [0.2, 0.25) is 0 Å². The van der Waals surface area contributed by atoms with E-state index in [1.807, 2.05) is 37.3 Å². The standard InChI is InChI=1S/C17H18O3/c1-2-6-16(18)15-10-9-14(11-17(15)19)20-12-13-7-4-3-5-8-13/h3-5,7-11,19H,2,6,12H2,1H3. The maximum atomic E-state index is 11.8. The number of Topliss-reactive ketones (excluding diaryl/α,β-unsaturated/α-hetero) is 1. The minimum absolute atomic E-state index is 0.0194. The SMILES string of the molecule is CCCC(=O)c1ccc(OCc2ccccc2)cc1O. The summed E-state index contributed by atoms with van der Waals surface area (Å²) >= 11 is 0. The second-order valence-electron chi connectivity index (χ2n) is 4.63. The quantitative estimate of drug-likeness (QED) is 0.808. The van der Waals surface area contributed by atoms with E-state index in [4.69, 9.17) is 4.74 Å². The van der Waals surface area contributed by atoms with Crippen molar-refractivity contribution in [3.63, 3.8) is 0 Å². The molecule has 0 aliphatic carbocycles. The molecule has 0 saturated carbocycles. The van der Waals surface area contributed by atoms with E-state index in [1.165, 1.54) is 6.07 Å². The summed E-state index contributed by atoms with van der Waals surface area (Å²) in [6.07, 6.45) is 1.21. The molecular weight excluding hydrogens is 252 g/mol. The number of ketones is 1. The summed E-state index contributed by atoms with van der Waals surface area (Å²) < 4.78 is 5.60. The van der Waals surface area contributed by atoms with E-state index in [0.717, 1.165) is 12.0 Å². The molecule has 0 bridgehead atoms. The van der Waals surface area contributed by atoms with E-state index < -0.39 is 0 Å². The molecule has 0 saturated heterocycles. The summed E-state index contributed by atoms with van der Waals surface area (Å²) in [6, 6.07) is 14.6. The van der Waals surface area contributed by atoms with Gasteiger partial charge in [0.05, 0.1) is 5.56 Å². The first-order valence-corrected chi connectivity index (χ1v) is 6.73. The van der Waals surface area contributed by atoms with Crippen molar-refractivity contribution < 1.29 is 14.6 Å². The first kappa shape index (κ1) is 14.1. The normalized spacial score (nSPS) is 10.2. The maximum Gasteiger partial charge on any atom is 0.166 e. The molecule has 2 aromatic carbocycles. The summed E-state index contributed by atoms with van der Waals surface area (Å²) in [4.78, 5) is 11.8. The van der Waals surface area contributed by atoms with Crippen LogP contribution in [0.15, 0.2) is 48.5 Å². The Hall–Kier alpha value is -2.29. The molecular formula is C17H18O3. The zero-order chi connectivity index (χ0) is 14.4. The van der Waals surface area contributed by atoms with Crippen LogP contribution in [0.5, 0.6) is 11.5 Å². The predicted molar refractivity (Wildman–Crippen MR) is 78.1 cm³/mol. The van der Waals surface area contributed by atoms with Crippen molar-refractivity contribution in [1.29, 1.82) is 0 Å². The molecule has 0 fully saturated rings. The van der Waals surface area contributed by atoms with Gasteiger partial charge in [-0.25, -0.2) is 0 Å². The van der Waals surface area contributed by atoms with Crippen LogP contribution in [0.2, 0.25) is 0 Å². The zero-order valence-corrected chi connectivity index (χ0v) is 11.5. The van der Waals surface area contributed by atoms with Crippen LogP contribution in [0.4, 0.5) is 0 Å². The molecule has 3 nitrogen and oxygen atoms in total. The van der Waals surface area contributed by atoms with Crippen molar-refractivity contribution in [2.24, 2.45) is 0 Å². The number of phenols is 1. The largest absolute Gasteiger partial charge is 0.507 e. The topological polar surface area (TPSA) is 46.5 Å². The Labute approximate surface area is 118 Å². The molecule has 0 atom stereocenters. The fourth-order valence-corrected chi connectivity index (χ4v) is 1.94. The third kappa shape index (κ3) is 3.60. The number of benzene rings is 2. The molecule has 0 heterocycles. The minimum atomic E-state index is -0.0420. The highest BCUT2D eigenvalue weighted by atomic mass is 16.5. The number of hydrogen-bond donors (Lipinski definition) is 1. The second kappa shape index (κ2) is 6.75. The van der Waals surface area contributed by atoms with E-state index >= 15 is 0 Å². The Morgan fingerprint density at radius 3 is 2.55 bits per heavy atom. The van der Waals surface area contributed by atoms with Crippen LogP contribution in [-0.4, -0.2) is 10.9 Å². The molecule has 0 aromatic heterocycles. The highest BCUT2D eigenvalue weighted by molar-refractivity contribution is 5.98. The molecule has 2 aromatic rings. The van der Waals surface area contributed by atoms with Crippen LogP contribution in [0, 0.1) is 0 Å². The van der Waals surface area contributed by atoms with Gasteiger partial charge < -0.3 is 9.84 Å². The Morgan fingerprint density at radius 1 is 1.15 bits per heavy atom. The van der Waals surface area contributed by atoms with Crippen molar-refractivity contribution >= 4 is 5.78 Å². The minimum Gasteiger partial charge on any atom is -0.507 e. The average molecular weight is 270 g/mol. The molecule has 3 heteroatoms. The van der Waals surface area contributed by atoms with Gasteiger partial charge in [0.15, 0.2) is 5.78 Å². The van der Waals surface area contributed by atoms with Crippen molar-refractivity contribution in [1.82, 2.24) is 0 Å². The number of aromatic hydroxyl groups is 1. The molecule has 0 radical (unpaired) electrons. The number of phenolic OH excluding ortho intramolecular Hbond substituents is 1. The van der Waals surface area contributed by atoms with Gasteiger partial charge in [-0.3, -0.25) is 4.79 Å². The smallest absolute Gasteiger partial charge is 0.166 e. The summed E-state index contributed by atoms with van der Waals surface area (Å²) in [5.41, 5.74) is 1.41. The van der Waals surface area contributed by atoms with Crippen LogP contribution in [0.3, 0.4) is 0 Å². The number of rotatable bonds is 6. The monoisotopic (exact) mass is 270 g/mol. The summed E-state index contributed by atoms with van der Waals surface area (Å²) in [6.45, 7) is 2.37. The van der Waals surface area contributed by atoms with Crippen molar-refractivity contribution in [3.05, 3.63) is 59.7 Å². The summed E-state index contributed by atoms with van der Waals surface area (Å²) in [7, 11) is 0. The third-order valence-electron chi connectivity index (χ3n) is 2.99. The van der Waals surface area contributed by atoms with E-state index in [2.05, 4.69) is 0 Å². The molecule has 20 heavy (non-hydrogen) atoms. The Kier molecular flexibility index (Phi) is 4.77. The van der Waals surface area contributed by atoms with Gasteiger partial charge in [-0.1, -0.05) is 37.3 Å². The molecule has 0 unspecified atom stereocenters. The van der Waals surface area contributed by atoms with E-state index in [1.54, 1.807) is 12.1 Å². The van der Waals surface area contributed by atoms with Crippen molar-refractivity contribution in [3.8, 4) is 11.5 Å². The molecule has 2 rings (SSSR count). The van der Waals surface area contributed by atoms with Crippen LogP contribution in [0.1, 0.15) is 35.7 Å². The lowest BCUT2D eigenvalue weighted by Crippen LogP contribution is -2.00. The van der Waals surface area contributed by atoms with Gasteiger partial charge in [0.25, 0.3) is 0 Å². The van der Waals surface area contributed by atoms with E-state index in [9.17, 15) is 9.90 Å². The van der Waals surface area contributed by atoms with Gasteiger partial charge in [0, 0.05) is 12.5 Å². The first-order valence-electron chi connectivity index (χ1n) is 6.73. The number of carbonyl (C=O) groups excluding carboxylic acids is 1. The lowest BCUT2D eigenvalue weighted by atomic mass is 10.1. The number of ether oxygens (including phenoxy) is 1. The fraction of sp³-hybridized carbons (Fsp3) is 0.235. The Balaban J connectivity index is 2.04. The zero-order valence-electron chi connectivity index (χ0n) is 11.5. The summed E-state index contributed by atoms with van der Waals surface area (Å²) in [5, 5.41) is 9.88. The van der Waals surface area contributed by atoms with E-state index in [0.29, 0.717) is 24.3 Å². The van der Waals surface area contributed by atoms with Crippen LogP contribution < -0.4 is 4.74 Å². The average Bonchev–Trinajstić information content (AvgIpc) is 2.46. The van der Waals surface area contributed by atoms with Crippen molar-refractivity contribution in [2.45, 2.75) is 26.4 Å². The van der Waals surface area contributed by atoms with Gasteiger partial charge in [-0.2, -0.15) is 0 Å². The second-order valence-corrected chi connectivity index (χ2v) is 4.63. The lowest BCUT2D eigenvalue weighted by Gasteiger charge is -2.08. The molecule has 0 aliphatic rings.